The van der Waals surface area contributed by atoms with E-state index in [2.05, 4.69) is 29.1 Å². The van der Waals surface area contributed by atoms with E-state index in [0.717, 1.165) is 27.6 Å². The van der Waals surface area contributed by atoms with E-state index in [1.54, 1.807) is 35.8 Å². The molecule has 166 valence electrons. The Morgan fingerprint density at radius 3 is 2.44 bits per heavy atom. The number of rotatable bonds is 6. The van der Waals surface area contributed by atoms with E-state index >= 15 is 0 Å². The van der Waals surface area contributed by atoms with Gasteiger partial charge in [0.25, 0.3) is 5.91 Å². The number of hydrogen-bond donors (Lipinski definition) is 2. The average Bonchev–Trinajstić information content (AvgIpc) is 3.40. The smallest absolute Gasteiger partial charge is 0.274 e. The lowest BCUT2D eigenvalue weighted by molar-refractivity contribution is 0.102. The number of nitrogens with one attached hydrogen (secondary N) is 2. The highest BCUT2D eigenvalue weighted by atomic mass is 32.2. The highest BCUT2D eigenvalue weighted by molar-refractivity contribution is 7.89. The Morgan fingerprint density at radius 2 is 1.84 bits per heavy atom. The number of aromatic nitrogens is 2. The summed E-state index contributed by atoms with van der Waals surface area (Å²) in [6, 6.07) is 12.6. The van der Waals surface area contributed by atoms with Crippen molar-refractivity contribution >= 4 is 43.3 Å². The lowest BCUT2D eigenvalue weighted by Gasteiger charge is -2.12. The number of H-pyrrole nitrogens is 1. The Kier molecular flexibility index (Phi) is 5.89. The van der Waals surface area contributed by atoms with E-state index < -0.39 is 10.0 Å². The highest BCUT2D eigenvalue weighted by Crippen LogP contribution is 2.37. The molecule has 4 rings (SSSR count). The molecule has 9 heteroatoms. The predicted octanol–water partition coefficient (Wildman–Crippen LogP) is 4.92. The average molecular weight is 469 g/mol. The second-order valence-electron chi connectivity index (χ2n) is 7.90. The molecule has 0 aliphatic heterocycles. The normalized spacial score (nSPS) is 12.1. The maximum absolute atomic E-state index is 13.2. The standard InChI is InChI=1S/C23H24N4O3S2/c1-14(2)17-6-5-7-18-19(15-8-10-16(11-9-15)32(29,30)27(3)4)21(25-20(17)18)22(28)26-23-24-12-13-31-23/h5-14,25H,1-4H3,(H,24,26,28). The molecule has 2 aromatic heterocycles. The zero-order valence-corrected chi connectivity index (χ0v) is 19.8. The van der Waals surface area contributed by atoms with Crippen LogP contribution in [0.25, 0.3) is 22.0 Å². The number of fused-ring (bicyclic) bond motifs is 1. The molecule has 32 heavy (non-hydrogen) atoms. The van der Waals surface area contributed by atoms with Crippen LogP contribution in [0.2, 0.25) is 0 Å². The maximum Gasteiger partial charge on any atom is 0.274 e. The van der Waals surface area contributed by atoms with Gasteiger partial charge in [0, 0.05) is 36.6 Å². The van der Waals surface area contributed by atoms with Gasteiger partial charge < -0.3 is 4.98 Å². The van der Waals surface area contributed by atoms with Crippen molar-refractivity contribution in [2.45, 2.75) is 24.7 Å². The van der Waals surface area contributed by atoms with Crippen molar-refractivity contribution in [2.75, 3.05) is 19.4 Å². The highest BCUT2D eigenvalue weighted by Gasteiger charge is 2.23. The van der Waals surface area contributed by atoms with Gasteiger partial charge in [-0.3, -0.25) is 10.1 Å². The first-order chi connectivity index (χ1) is 15.2. The van der Waals surface area contributed by atoms with Crippen LogP contribution in [-0.2, 0) is 10.0 Å². The molecule has 4 aromatic rings. The van der Waals surface area contributed by atoms with Crippen LogP contribution in [0.3, 0.4) is 0 Å². The fourth-order valence-corrected chi connectivity index (χ4v) is 5.07. The monoisotopic (exact) mass is 468 g/mol. The number of sulfonamides is 1. The molecule has 0 bridgehead atoms. The van der Waals surface area contributed by atoms with Crippen LogP contribution >= 0.6 is 11.3 Å². The van der Waals surface area contributed by atoms with Crippen molar-refractivity contribution in [3.8, 4) is 11.1 Å². The molecule has 0 radical (unpaired) electrons. The number of hydrogen-bond acceptors (Lipinski definition) is 5. The topological polar surface area (TPSA) is 95.2 Å². The Balaban J connectivity index is 1.89. The molecule has 0 saturated heterocycles. The van der Waals surface area contributed by atoms with Crippen LogP contribution in [0, 0.1) is 0 Å². The second-order valence-corrected chi connectivity index (χ2v) is 10.9. The zero-order chi connectivity index (χ0) is 23.0. The third kappa shape index (κ3) is 3.94. The molecule has 1 amide bonds. The summed E-state index contributed by atoms with van der Waals surface area (Å²) < 4.78 is 26.1. The lowest BCUT2D eigenvalue weighted by Crippen LogP contribution is -2.22. The molecule has 2 aromatic carbocycles. The first-order valence-electron chi connectivity index (χ1n) is 10.1. The van der Waals surface area contributed by atoms with Gasteiger partial charge in [-0.2, -0.15) is 0 Å². The summed E-state index contributed by atoms with van der Waals surface area (Å²) in [6.07, 6.45) is 1.63. The summed E-state index contributed by atoms with van der Waals surface area (Å²) in [6.45, 7) is 4.21. The van der Waals surface area contributed by atoms with Gasteiger partial charge in [0.15, 0.2) is 5.13 Å². The molecular formula is C23H24N4O3S2. The largest absolute Gasteiger partial charge is 0.350 e. The Hall–Kier alpha value is -3.01. The minimum atomic E-state index is -3.54. The fraction of sp³-hybridized carbons (Fsp3) is 0.217. The number of benzene rings is 2. The minimum Gasteiger partial charge on any atom is -0.350 e. The van der Waals surface area contributed by atoms with Crippen LogP contribution in [0.1, 0.15) is 35.8 Å². The van der Waals surface area contributed by atoms with E-state index in [4.69, 9.17) is 0 Å². The van der Waals surface area contributed by atoms with Crippen LogP contribution < -0.4 is 5.32 Å². The molecule has 0 aliphatic carbocycles. The minimum absolute atomic E-state index is 0.197. The Bertz CT molecular complexity index is 1370. The number of carbonyl (C=O) groups is 1. The van der Waals surface area contributed by atoms with Crippen LogP contribution in [0.5, 0.6) is 0 Å². The number of nitrogens with zero attached hydrogens (tertiary/aromatic N) is 2. The van der Waals surface area contributed by atoms with Crippen molar-refractivity contribution in [2.24, 2.45) is 0 Å². The lowest BCUT2D eigenvalue weighted by atomic mass is 9.97. The number of carbonyl (C=O) groups excluding carboxylic acids is 1. The summed E-state index contributed by atoms with van der Waals surface area (Å²) in [7, 11) is -0.549. The summed E-state index contributed by atoms with van der Waals surface area (Å²) in [5.74, 6) is -0.0430. The molecule has 2 heterocycles. The van der Waals surface area contributed by atoms with E-state index in [1.165, 1.54) is 29.7 Å². The quantitative estimate of drug-likeness (QED) is 0.420. The molecule has 0 fully saturated rings. The van der Waals surface area contributed by atoms with Gasteiger partial charge in [-0.05, 0) is 29.2 Å². The van der Waals surface area contributed by atoms with Gasteiger partial charge >= 0.3 is 0 Å². The Morgan fingerprint density at radius 1 is 1.12 bits per heavy atom. The molecule has 0 aliphatic rings. The van der Waals surface area contributed by atoms with Crippen molar-refractivity contribution in [1.82, 2.24) is 14.3 Å². The number of aromatic amines is 1. The molecule has 0 saturated carbocycles. The molecule has 7 nitrogen and oxygen atoms in total. The SMILES string of the molecule is CC(C)c1cccc2c(-c3ccc(S(=O)(=O)N(C)C)cc3)c(C(=O)Nc3nccs3)[nH]c12. The van der Waals surface area contributed by atoms with Gasteiger partial charge in [0.2, 0.25) is 10.0 Å². The second kappa shape index (κ2) is 8.50. The molecule has 2 N–H and O–H groups in total. The van der Waals surface area contributed by atoms with Gasteiger partial charge in [-0.1, -0.05) is 44.2 Å². The number of para-hydroxylation sites is 1. The van der Waals surface area contributed by atoms with E-state index in [-0.39, 0.29) is 16.7 Å². The number of anilines is 1. The number of thiazole rings is 1. The molecule has 0 atom stereocenters. The van der Waals surface area contributed by atoms with Gasteiger partial charge in [-0.25, -0.2) is 17.7 Å². The molecule has 0 unspecified atom stereocenters. The first kappa shape index (κ1) is 22.2. The van der Waals surface area contributed by atoms with Crippen LogP contribution in [0.4, 0.5) is 5.13 Å². The van der Waals surface area contributed by atoms with Crippen molar-refractivity contribution in [3.63, 3.8) is 0 Å². The van der Waals surface area contributed by atoms with Gasteiger partial charge in [0.05, 0.1) is 10.4 Å². The third-order valence-electron chi connectivity index (χ3n) is 5.29. The number of amides is 1. The van der Waals surface area contributed by atoms with Crippen molar-refractivity contribution < 1.29 is 13.2 Å². The van der Waals surface area contributed by atoms with Crippen LogP contribution in [-0.4, -0.2) is 42.7 Å². The predicted molar refractivity (Wildman–Crippen MR) is 129 cm³/mol. The first-order valence-corrected chi connectivity index (χ1v) is 12.4. The van der Waals surface area contributed by atoms with Gasteiger partial charge in [0.1, 0.15) is 5.69 Å². The van der Waals surface area contributed by atoms with Crippen molar-refractivity contribution in [3.05, 3.63) is 65.3 Å². The summed E-state index contributed by atoms with van der Waals surface area (Å²) >= 11 is 1.34. The zero-order valence-electron chi connectivity index (χ0n) is 18.2. The maximum atomic E-state index is 13.2. The van der Waals surface area contributed by atoms with E-state index in [1.807, 2.05) is 18.2 Å². The van der Waals surface area contributed by atoms with Crippen molar-refractivity contribution in [1.29, 1.82) is 0 Å². The molecule has 0 spiro atoms. The summed E-state index contributed by atoms with van der Waals surface area (Å²) in [5.41, 5.74) is 3.88. The summed E-state index contributed by atoms with van der Waals surface area (Å²) in [5, 5.41) is 6.05. The molecular weight excluding hydrogens is 444 g/mol. The van der Waals surface area contributed by atoms with E-state index in [0.29, 0.717) is 10.8 Å². The Labute approximate surface area is 191 Å². The summed E-state index contributed by atoms with van der Waals surface area (Å²) in [4.78, 5) is 20.9. The fourth-order valence-electron chi connectivity index (χ4n) is 3.64. The van der Waals surface area contributed by atoms with E-state index in [9.17, 15) is 13.2 Å². The third-order valence-corrected chi connectivity index (χ3v) is 7.81. The van der Waals surface area contributed by atoms with Gasteiger partial charge in [-0.15, -0.1) is 11.3 Å². The van der Waals surface area contributed by atoms with Crippen LogP contribution in [0.15, 0.2) is 58.9 Å².